The number of amides is 1. The maximum Gasteiger partial charge on any atom is 0.255 e. The first kappa shape index (κ1) is 16.4. The van der Waals surface area contributed by atoms with Gasteiger partial charge in [-0.25, -0.2) is 4.98 Å². The second kappa shape index (κ2) is 6.32. The molecule has 1 aliphatic heterocycles. The smallest absolute Gasteiger partial charge is 0.255 e. The highest BCUT2D eigenvalue weighted by Gasteiger charge is 2.29. The summed E-state index contributed by atoms with van der Waals surface area (Å²) in [7, 11) is 0. The van der Waals surface area contributed by atoms with Crippen LogP contribution in [0.4, 0.5) is 5.82 Å². The molecule has 5 nitrogen and oxygen atoms in total. The number of aromatic nitrogens is 1. The second-order valence-corrected chi connectivity index (χ2v) is 7.41. The van der Waals surface area contributed by atoms with E-state index in [2.05, 4.69) is 34.7 Å². The van der Waals surface area contributed by atoms with Gasteiger partial charge in [0.1, 0.15) is 5.82 Å². The molecule has 25 heavy (non-hydrogen) atoms. The predicted molar refractivity (Wildman–Crippen MR) is 101 cm³/mol. The highest BCUT2D eigenvalue weighted by molar-refractivity contribution is 6.22. The van der Waals surface area contributed by atoms with E-state index in [0.717, 1.165) is 29.4 Å². The molecule has 2 unspecified atom stereocenters. The van der Waals surface area contributed by atoms with E-state index in [4.69, 9.17) is 17.3 Å². The number of nitrogen functional groups attached to an aromatic ring is 1. The number of nitrogens with one attached hydrogen (secondary N) is 2. The number of fused-ring (bicyclic) bond motifs is 1. The molecule has 0 spiro atoms. The third kappa shape index (κ3) is 2.87. The van der Waals surface area contributed by atoms with Crippen molar-refractivity contribution in [3.63, 3.8) is 0 Å². The van der Waals surface area contributed by atoms with Gasteiger partial charge in [-0.2, -0.15) is 0 Å². The Morgan fingerprint density at radius 3 is 2.80 bits per heavy atom. The lowest BCUT2D eigenvalue weighted by molar-refractivity contribution is 0.0926. The van der Waals surface area contributed by atoms with Crippen molar-refractivity contribution in [1.82, 2.24) is 15.6 Å². The van der Waals surface area contributed by atoms with Crippen LogP contribution in [0.25, 0.3) is 10.8 Å². The molecule has 1 aromatic carbocycles. The third-order valence-electron chi connectivity index (χ3n) is 5.18. The van der Waals surface area contributed by atoms with Crippen molar-refractivity contribution in [3.05, 3.63) is 47.7 Å². The average molecular weight is 357 g/mol. The van der Waals surface area contributed by atoms with Crippen molar-refractivity contribution >= 4 is 34.1 Å². The third-order valence-corrected chi connectivity index (χ3v) is 5.60. The zero-order valence-corrected chi connectivity index (χ0v) is 14.8. The quantitative estimate of drug-likeness (QED) is 0.583. The topological polar surface area (TPSA) is 80.0 Å². The summed E-state index contributed by atoms with van der Waals surface area (Å²) in [6, 6.07) is 6.24. The molecular formula is C19H21ClN4O. The largest absolute Gasteiger partial charge is 0.383 e. The van der Waals surface area contributed by atoms with Crippen molar-refractivity contribution in [1.29, 1.82) is 0 Å². The molecule has 1 amide bonds. The molecule has 1 aromatic heterocycles. The second-order valence-electron chi connectivity index (χ2n) is 6.91. The standard InChI is InChI=1S/C19H21ClN4O/c1-10-2-5-15(20)16(10)11-3-4-14-12(6-11)7-23-18(21)17(14)19(25)24-13-8-22-9-13/h2-7,10,13,15-16,22H,8-9H2,1H3,(H2,21,23)(H,24,25)/t10-,15?,16?/m0/s1. The number of carbonyl (C=O) groups is 1. The van der Waals surface area contributed by atoms with Crippen LogP contribution in [0, 0.1) is 5.92 Å². The molecule has 130 valence electrons. The summed E-state index contributed by atoms with van der Waals surface area (Å²) in [6.45, 7) is 3.75. The van der Waals surface area contributed by atoms with Crippen LogP contribution >= 0.6 is 11.6 Å². The number of hydrogen-bond donors (Lipinski definition) is 3. The van der Waals surface area contributed by atoms with Crippen molar-refractivity contribution in [2.75, 3.05) is 18.8 Å². The van der Waals surface area contributed by atoms with Crippen LogP contribution in [0.3, 0.4) is 0 Å². The first-order valence-electron chi connectivity index (χ1n) is 8.56. The lowest BCUT2D eigenvalue weighted by Gasteiger charge is -2.28. The molecule has 0 radical (unpaired) electrons. The Morgan fingerprint density at radius 1 is 1.36 bits per heavy atom. The first-order valence-corrected chi connectivity index (χ1v) is 9.00. The minimum absolute atomic E-state index is 0.0110. The average Bonchev–Trinajstić information content (AvgIpc) is 2.89. The summed E-state index contributed by atoms with van der Waals surface area (Å²) in [5.41, 5.74) is 7.62. The van der Waals surface area contributed by atoms with Gasteiger partial charge in [-0.1, -0.05) is 31.2 Å². The number of nitrogens with two attached hydrogens (primary N) is 1. The Hall–Kier alpha value is -2.11. The van der Waals surface area contributed by atoms with Crippen molar-refractivity contribution in [2.45, 2.75) is 24.3 Å². The van der Waals surface area contributed by atoms with Crippen molar-refractivity contribution < 1.29 is 4.79 Å². The SMILES string of the molecule is C[C@H]1C=CC(Cl)C1c1ccc2c(C(=O)NC3CNC3)c(N)ncc2c1. The summed E-state index contributed by atoms with van der Waals surface area (Å²) in [6.07, 6.45) is 5.93. The summed E-state index contributed by atoms with van der Waals surface area (Å²) in [5, 5.41) is 7.86. The molecule has 1 aliphatic carbocycles. The molecule has 3 atom stereocenters. The van der Waals surface area contributed by atoms with E-state index in [1.54, 1.807) is 6.20 Å². The van der Waals surface area contributed by atoms with E-state index < -0.39 is 0 Å². The van der Waals surface area contributed by atoms with Crippen LogP contribution in [0.15, 0.2) is 36.5 Å². The molecule has 4 rings (SSSR count). The molecule has 4 N–H and O–H groups in total. The molecule has 2 heterocycles. The Balaban J connectivity index is 1.72. The number of halogens is 1. The normalized spacial score (nSPS) is 25.9. The van der Waals surface area contributed by atoms with E-state index in [0.29, 0.717) is 11.5 Å². The highest BCUT2D eigenvalue weighted by atomic mass is 35.5. The molecular weight excluding hydrogens is 336 g/mol. The van der Waals surface area contributed by atoms with E-state index in [9.17, 15) is 4.79 Å². The minimum atomic E-state index is -0.166. The number of pyridine rings is 1. The van der Waals surface area contributed by atoms with Gasteiger partial charge in [0, 0.05) is 30.6 Å². The molecule has 1 fully saturated rings. The van der Waals surface area contributed by atoms with Crippen LogP contribution < -0.4 is 16.4 Å². The van der Waals surface area contributed by atoms with Crippen LogP contribution in [-0.4, -0.2) is 35.4 Å². The fraction of sp³-hybridized carbons (Fsp3) is 0.368. The number of alkyl halides is 1. The number of rotatable bonds is 3. The van der Waals surface area contributed by atoms with Crippen LogP contribution in [-0.2, 0) is 0 Å². The van der Waals surface area contributed by atoms with Crippen LogP contribution in [0.5, 0.6) is 0 Å². The minimum Gasteiger partial charge on any atom is -0.383 e. The van der Waals surface area contributed by atoms with Gasteiger partial charge in [-0.3, -0.25) is 4.79 Å². The molecule has 0 saturated carbocycles. The maximum atomic E-state index is 12.6. The fourth-order valence-electron chi connectivity index (χ4n) is 3.65. The first-order chi connectivity index (χ1) is 12.0. The van der Waals surface area contributed by atoms with Crippen LogP contribution in [0.2, 0.25) is 0 Å². The highest BCUT2D eigenvalue weighted by Crippen LogP contribution is 2.39. The summed E-state index contributed by atoms with van der Waals surface area (Å²) in [4.78, 5) is 16.9. The number of benzene rings is 1. The van der Waals surface area contributed by atoms with Gasteiger partial charge in [0.15, 0.2) is 0 Å². The van der Waals surface area contributed by atoms with Gasteiger partial charge in [-0.05, 0) is 22.9 Å². The Labute approximate surface area is 151 Å². The summed E-state index contributed by atoms with van der Waals surface area (Å²) in [5.74, 6) is 0.717. The van der Waals surface area contributed by atoms with E-state index in [1.807, 2.05) is 18.2 Å². The lowest BCUT2D eigenvalue weighted by atomic mass is 9.88. The molecule has 1 saturated heterocycles. The molecule has 2 aromatic rings. The predicted octanol–water partition coefficient (Wildman–Crippen LogP) is 2.42. The Kier molecular flexibility index (Phi) is 4.13. The Morgan fingerprint density at radius 2 is 2.16 bits per heavy atom. The number of hydrogen-bond acceptors (Lipinski definition) is 4. The number of carbonyl (C=O) groups excluding carboxylic acids is 1. The lowest BCUT2D eigenvalue weighted by Crippen LogP contribution is -2.57. The molecule has 0 bridgehead atoms. The van der Waals surface area contributed by atoms with Gasteiger partial charge >= 0.3 is 0 Å². The number of nitrogens with zero attached hydrogens (tertiary/aromatic N) is 1. The van der Waals surface area contributed by atoms with E-state index in [-0.39, 0.29) is 29.1 Å². The van der Waals surface area contributed by atoms with Crippen LogP contribution in [0.1, 0.15) is 28.8 Å². The zero-order valence-electron chi connectivity index (χ0n) is 14.0. The molecule has 2 aliphatic rings. The van der Waals surface area contributed by atoms with E-state index >= 15 is 0 Å². The van der Waals surface area contributed by atoms with E-state index in [1.165, 1.54) is 0 Å². The maximum absolute atomic E-state index is 12.6. The fourth-order valence-corrected chi connectivity index (χ4v) is 4.11. The molecule has 6 heteroatoms. The zero-order chi connectivity index (χ0) is 17.6. The van der Waals surface area contributed by atoms with Crippen molar-refractivity contribution in [3.8, 4) is 0 Å². The van der Waals surface area contributed by atoms with Gasteiger partial charge in [0.05, 0.1) is 17.0 Å². The monoisotopic (exact) mass is 356 g/mol. The van der Waals surface area contributed by atoms with Gasteiger partial charge in [0.2, 0.25) is 0 Å². The number of allylic oxidation sites excluding steroid dienone is 2. The van der Waals surface area contributed by atoms with Crippen molar-refractivity contribution in [2.24, 2.45) is 5.92 Å². The van der Waals surface area contributed by atoms with Gasteiger partial charge < -0.3 is 16.4 Å². The summed E-state index contributed by atoms with van der Waals surface area (Å²) >= 11 is 6.45. The Bertz CT molecular complexity index is 850. The van der Waals surface area contributed by atoms with Gasteiger partial charge in [0.25, 0.3) is 5.91 Å². The van der Waals surface area contributed by atoms with Gasteiger partial charge in [-0.15, -0.1) is 11.6 Å². The number of anilines is 1. The summed E-state index contributed by atoms with van der Waals surface area (Å²) < 4.78 is 0.